The van der Waals surface area contributed by atoms with E-state index in [9.17, 15) is 19.2 Å². The molecule has 0 aliphatic carbocycles. The lowest BCUT2D eigenvalue weighted by atomic mass is 10.1. The maximum Gasteiger partial charge on any atom is 0.337 e. The molecule has 2 heterocycles. The van der Waals surface area contributed by atoms with Gasteiger partial charge in [-0.1, -0.05) is 12.1 Å². The number of aryl methyl sites for hydroxylation is 1. The Bertz CT molecular complexity index is 1220. The van der Waals surface area contributed by atoms with Gasteiger partial charge in [0.05, 0.1) is 37.6 Å². The first-order chi connectivity index (χ1) is 16.4. The van der Waals surface area contributed by atoms with Crippen LogP contribution in [0, 0.1) is 6.92 Å². The number of hydrogen-bond donors (Lipinski definition) is 1. The fourth-order valence-electron chi connectivity index (χ4n) is 3.78. The van der Waals surface area contributed by atoms with Crippen molar-refractivity contribution in [2.75, 3.05) is 17.3 Å². The second kappa shape index (κ2) is 9.62. The molecular weight excluding hydrogens is 438 g/mol. The average molecular weight is 461 g/mol. The highest BCUT2D eigenvalue weighted by molar-refractivity contribution is 6.22. The Balaban J connectivity index is 1.54. The number of imide groups is 1. The third kappa shape index (κ3) is 4.68. The number of nitrogens with one attached hydrogen (secondary N) is 1. The molecule has 1 aromatic heterocycles. The fourth-order valence-corrected chi connectivity index (χ4v) is 3.78. The van der Waals surface area contributed by atoms with Crippen LogP contribution < -0.4 is 10.2 Å². The summed E-state index contributed by atoms with van der Waals surface area (Å²) in [5, 5.41) is 2.71. The first kappa shape index (κ1) is 22.8. The summed E-state index contributed by atoms with van der Waals surface area (Å²) in [5.41, 5.74) is 2.13. The SMILES string of the molecule is COC(=O)c1ccc(NC(=O)C[C@@H]2C(=O)N(c3cccc(C)c3)C(=O)N2Cc2ccco2)cc1. The summed E-state index contributed by atoms with van der Waals surface area (Å²) in [4.78, 5) is 53.4. The van der Waals surface area contributed by atoms with Crippen molar-refractivity contribution in [2.45, 2.75) is 25.9 Å². The van der Waals surface area contributed by atoms with Crippen LogP contribution in [0.3, 0.4) is 0 Å². The Kier molecular flexibility index (Phi) is 6.44. The predicted molar refractivity (Wildman–Crippen MR) is 123 cm³/mol. The summed E-state index contributed by atoms with van der Waals surface area (Å²) in [6, 6.07) is 15.1. The monoisotopic (exact) mass is 461 g/mol. The summed E-state index contributed by atoms with van der Waals surface area (Å²) in [7, 11) is 1.28. The molecular formula is C25H23N3O6. The molecule has 2 aromatic carbocycles. The minimum atomic E-state index is -1.01. The summed E-state index contributed by atoms with van der Waals surface area (Å²) in [5.74, 6) is -0.931. The van der Waals surface area contributed by atoms with Gasteiger partial charge in [-0.05, 0) is 61.0 Å². The van der Waals surface area contributed by atoms with Gasteiger partial charge in [-0.3, -0.25) is 9.59 Å². The molecule has 9 heteroatoms. The van der Waals surface area contributed by atoms with Gasteiger partial charge < -0.3 is 19.4 Å². The largest absolute Gasteiger partial charge is 0.467 e. The lowest BCUT2D eigenvalue weighted by Crippen LogP contribution is -2.37. The predicted octanol–water partition coefficient (Wildman–Crippen LogP) is 3.74. The summed E-state index contributed by atoms with van der Waals surface area (Å²) in [6.07, 6.45) is 1.24. The normalized spacial score (nSPS) is 15.5. The smallest absolute Gasteiger partial charge is 0.337 e. The van der Waals surface area contributed by atoms with Crippen LogP contribution >= 0.6 is 0 Å². The summed E-state index contributed by atoms with van der Waals surface area (Å²) < 4.78 is 10.0. The van der Waals surface area contributed by atoms with Crippen LogP contribution in [0.1, 0.15) is 28.1 Å². The summed E-state index contributed by atoms with van der Waals surface area (Å²) >= 11 is 0. The van der Waals surface area contributed by atoms with Crippen molar-refractivity contribution in [3.8, 4) is 0 Å². The molecule has 1 aliphatic heterocycles. The molecule has 3 aromatic rings. The Labute approximate surface area is 195 Å². The number of anilines is 2. The van der Waals surface area contributed by atoms with E-state index >= 15 is 0 Å². The zero-order chi connectivity index (χ0) is 24.2. The number of esters is 1. The van der Waals surface area contributed by atoms with E-state index < -0.39 is 29.9 Å². The zero-order valence-electron chi connectivity index (χ0n) is 18.7. The Morgan fingerprint density at radius 1 is 1.06 bits per heavy atom. The lowest BCUT2D eigenvalue weighted by molar-refractivity contribution is -0.124. The molecule has 1 saturated heterocycles. The van der Waals surface area contributed by atoms with Crippen LogP contribution in [-0.4, -0.2) is 41.9 Å². The van der Waals surface area contributed by atoms with E-state index in [1.807, 2.05) is 13.0 Å². The van der Waals surface area contributed by atoms with Crippen molar-refractivity contribution in [3.05, 3.63) is 83.8 Å². The van der Waals surface area contributed by atoms with Gasteiger partial charge in [0, 0.05) is 5.69 Å². The maximum absolute atomic E-state index is 13.3. The standard InChI is InChI=1S/C25H23N3O6/c1-16-5-3-6-19(13-16)28-23(30)21(27(25(28)32)15-20-7-4-12-34-20)14-22(29)26-18-10-8-17(9-11-18)24(31)33-2/h3-13,21H,14-15H2,1-2H3,(H,26,29)/t21-/m1/s1. The number of methoxy groups -OCH3 is 1. The molecule has 174 valence electrons. The highest BCUT2D eigenvalue weighted by Gasteiger charge is 2.47. The molecule has 1 N–H and O–H groups in total. The van der Waals surface area contributed by atoms with Crippen molar-refractivity contribution < 1.29 is 28.3 Å². The summed E-state index contributed by atoms with van der Waals surface area (Å²) in [6.45, 7) is 1.91. The molecule has 0 saturated carbocycles. The molecule has 9 nitrogen and oxygen atoms in total. The Hall–Kier alpha value is -4.40. The van der Waals surface area contributed by atoms with Crippen molar-refractivity contribution in [1.29, 1.82) is 0 Å². The quantitative estimate of drug-likeness (QED) is 0.424. The van der Waals surface area contributed by atoms with Crippen molar-refractivity contribution in [3.63, 3.8) is 0 Å². The number of hydrogen-bond acceptors (Lipinski definition) is 6. The van der Waals surface area contributed by atoms with Gasteiger partial charge in [0.15, 0.2) is 0 Å². The van der Waals surface area contributed by atoms with Crippen LogP contribution in [-0.2, 0) is 20.9 Å². The van der Waals surface area contributed by atoms with Crippen LogP contribution in [0.5, 0.6) is 0 Å². The molecule has 0 radical (unpaired) electrons. The van der Waals surface area contributed by atoms with Gasteiger partial charge in [-0.15, -0.1) is 0 Å². The van der Waals surface area contributed by atoms with Gasteiger partial charge >= 0.3 is 12.0 Å². The minimum absolute atomic E-state index is 0.0473. The zero-order valence-corrected chi connectivity index (χ0v) is 18.7. The molecule has 0 spiro atoms. The molecule has 4 rings (SSSR count). The van der Waals surface area contributed by atoms with Gasteiger partial charge in [-0.25, -0.2) is 14.5 Å². The Morgan fingerprint density at radius 3 is 2.47 bits per heavy atom. The van der Waals surface area contributed by atoms with Crippen LogP contribution in [0.25, 0.3) is 0 Å². The van der Waals surface area contributed by atoms with E-state index in [1.54, 1.807) is 42.5 Å². The average Bonchev–Trinajstić information content (AvgIpc) is 3.41. The lowest BCUT2D eigenvalue weighted by Gasteiger charge is -2.20. The first-order valence-corrected chi connectivity index (χ1v) is 10.6. The molecule has 1 atom stereocenters. The number of ether oxygens (including phenoxy) is 1. The van der Waals surface area contributed by atoms with E-state index in [1.165, 1.54) is 30.4 Å². The van der Waals surface area contributed by atoms with Crippen molar-refractivity contribution in [1.82, 2.24) is 4.90 Å². The van der Waals surface area contributed by atoms with E-state index in [0.29, 0.717) is 22.7 Å². The van der Waals surface area contributed by atoms with Crippen molar-refractivity contribution in [2.24, 2.45) is 0 Å². The number of rotatable bonds is 7. The van der Waals surface area contributed by atoms with E-state index in [-0.39, 0.29) is 13.0 Å². The van der Waals surface area contributed by atoms with Crippen LogP contribution in [0.2, 0.25) is 0 Å². The highest BCUT2D eigenvalue weighted by atomic mass is 16.5. The fraction of sp³-hybridized carbons (Fsp3) is 0.200. The van der Waals surface area contributed by atoms with E-state index in [0.717, 1.165) is 10.5 Å². The number of amides is 4. The number of furan rings is 1. The first-order valence-electron chi connectivity index (χ1n) is 10.6. The van der Waals surface area contributed by atoms with Crippen LogP contribution in [0.4, 0.5) is 16.2 Å². The third-order valence-electron chi connectivity index (χ3n) is 5.45. The van der Waals surface area contributed by atoms with Gasteiger partial charge in [-0.2, -0.15) is 0 Å². The second-order valence-corrected chi connectivity index (χ2v) is 7.84. The second-order valence-electron chi connectivity index (χ2n) is 7.84. The van der Waals surface area contributed by atoms with Crippen LogP contribution in [0.15, 0.2) is 71.3 Å². The molecule has 4 amide bonds. The van der Waals surface area contributed by atoms with Crippen molar-refractivity contribution >= 4 is 35.2 Å². The maximum atomic E-state index is 13.3. The number of carbonyl (C=O) groups excluding carboxylic acids is 4. The topological polar surface area (TPSA) is 109 Å². The molecule has 0 bridgehead atoms. The van der Waals surface area contributed by atoms with Gasteiger partial charge in [0.2, 0.25) is 5.91 Å². The minimum Gasteiger partial charge on any atom is -0.467 e. The number of carbonyl (C=O) groups is 4. The molecule has 0 unspecified atom stereocenters. The number of benzene rings is 2. The number of urea groups is 1. The van der Waals surface area contributed by atoms with E-state index in [4.69, 9.17) is 4.42 Å². The highest BCUT2D eigenvalue weighted by Crippen LogP contribution is 2.29. The number of nitrogens with zero attached hydrogens (tertiary/aromatic N) is 2. The van der Waals surface area contributed by atoms with Gasteiger partial charge in [0.1, 0.15) is 11.8 Å². The van der Waals surface area contributed by atoms with Gasteiger partial charge in [0.25, 0.3) is 5.91 Å². The molecule has 1 fully saturated rings. The Morgan fingerprint density at radius 2 is 1.82 bits per heavy atom. The molecule has 34 heavy (non-hydrogen) atoms. The molecule has 1 aliphatic rings. The van der Waals surface area contributed by atoms with E-state index in [2.05, 4.69) is 10.1 Å². The third-order valence-corrected chi connectivity index (χ3v) is 5.45.